The van der Waals surface area contributed by atoms with Gasteiger partial charge in [0.25, 0.3) is 0 Å². The zero-order chi connectivity index (χ0) is 12.3. The molecule has 1 rings (SSSR count). The first kappa shape index (κ1) is 13.3. The highest BCUT2D eigenvalue weighted by Gasteiger charge is 2.31. The lowest BCUT2D eigenvalue weighted by Crippen LogP contribution is -2.29. The highest BCUT2D eigenvalue weighted by atomic mass is 28.2. The summed E-state index contributed by atoms with van der Waals surface area (Å²) >= 11 is 0. The lowest BCUT2D eigenvalue weighted by molar-refractivity contribution is 0.0638. The minimum absolute atomic E-state index is 0.103. The van der Waals surface area contributed by atoms with Gasteiger partial charge in [0.2, 0.25) is 0 Å². The number of halogens is 3. The van der Waals surface area contributed by atoms with Crippen LogP contribution in [0.2, 0.25) is 0 Å². The van der Waals surface area contributed by atoms with Gasteiger partial charge < -0.3 is 4.43 Å². The Balaban J connectivity index is 3.35. The molecule has 1 nitrogen and oxygen atoms in total. The molecule has 0 heterocycles. The predicted molar refractivity (Wildman–Crippen MR) is 59.6 cm³/mol. The lowest BCUT2D eigenvalue weighted by atomic mass is 9.88. The summed E-state index contributed by atoms with van der Waals surface area (Å²) < 4.78 is 44.9. The molecule has 0 unspecified atom stereocenters. The minimum Gasteiger partial charge on any atom is -0.418 e. The van der Waals surface area contributed by atoms with Gasteiger partial charge in [0.05, 0.1) is 5.60 Å². The molecule has 0 atom stereocenters. The summed E-state index contributed by atoms with van der Waals surface area (Å²) in [5.41, 5.74) is -0.725. The van der Waals surface area contributed by atoms with Gasteiger partial charge >= 0.3 is 0 Å². The summed E-state index contributed by atoms with van der Waals surface area (Å²) in [7, 11) is 0.411. The van der Waals surface area contributed by atoms with Gasteiger partial charge in [-0.3, -0.25) is 0 Å². The van der Waals surface area contributed by atoms with E-state index in [9.17, 15) is 13.2 Å². The molecule has 0 aliphatic carbocycles. The Kier molecular flexibility index (Phi) is 4.15. The summed E-state index contributed by atoms with van der Waals surface area (Å²) in [6.07, 6.45) is 1.05. The molecular formula is C11H15F3OSi. The van der Waals surface area contributed by atoms with Crippen LogP contribution in [0, 0.1) is 17.5 Å². The number of rotatable bonds is 4. The highest BCUT2D eigenvalue weighted by Crippen LogP contribution is 2.34. The fourth-order valence-electron chi connectivity index (χ4n) is 1.90. The smallest absolute Gasteiger partial charge is 0.161 e. The van der Waals surface area contributed by atoms with Crippen molar-refractivity contribution < 1.29 is 17.6 Å². The second kappa shape index (κ2) is 5.01. The lowest BCUT2D eigenvalue weighted by Gasteiger charge is -2.32. The number of benzene rings is 1. The fraction of sp³-hybridized carbons (Fsp3) is 0.455. The molecule has 0 amide bonds. The second-order valence-corrected chi connectivity index (χ2v) is 4.06. The van der Waals surface area contributed by atoms with Crippen LogP contribution in [-0.4, -0.2) is 10.5 Å². The first-order chi connectivity index (χ1) is 7.50. The standard InChI is InChI=1S/C11H15F3OSi/c1-3-11(4-2,15-16)7-5-9(13)10(14)6-8(7)12/h5-6H,3-4H2,1-2,16H3. The Morgan fingerprint density at radius 3 is 2.00 bits per heavy atom. The molecule has 0 aliphatic heterocycles. The topological polar surface area (TPSA) is 9.23 Å². The van der Waals surface area contributed by atoms with Crippen LogP contribution in [0.1, 0.15) is 32.3 Å². The molecule has 0 radical (unpaired) electrons. The van der Waals surface area contributed by atoms with Crippen LogP contribution in [0.3, 0.4) is 0 Å². The van der Waals surface area contributed by atoms with Gasteiger partial charge in [0, 0.05) is 11.6 Å². The van der Waals surface area contributed by atoms with Gasteiger partial charge in [-0.05, 0) is 18.9 Å². The average Bonchev–Trinajstić information content (AvgIpc) is 2.28. The molecule has 16 heavy (non-hydrogen) atoms. The monoisotopic (exact) mass is 248 g/mol. The van der Waals surface area contributed by atoms with Crippen LogP contribution in [0.15, 0.2) is 12.1 Å². The van der Waals surface area contributed by atoms with Crippen LogP contribution < -0.4 is 0 Å². The van der Waals surface area contributed by atoms with Crippen molar-refractivity contribution in [3.05, 3.63) is 35.1 Å². The molecule has 0 fully saturated rings. The van der Waals surface area contributed by atoms with Crippen LogP contribution >= 0.6 is 0 Å². The SMILES string of the molecule is CCC(CC)(O[SiH3])c1cc(F)c(F)cc1F. The summed E-state index contributed by atoms with van der Waals surface area (Å²) in [6, 6.07) is 1.47. The normalized spacial score (nSPS) is 12.1. The van der Waals surface area contributed by atoms with Crippen molar-refractivity contribution in [2.24, 2.45) is 0 Å². The first-order valence-electron chi connectivity index (χ1n) is 5.21. The Hall–Kier alpha value is -0.813. The van der Waals surface area contributed by atoms with E-state index < -0.39 is 23.1 Å². The van der Waals surface area contributed by atoms with Gasteiger partial charge in [-0.25, -0.2) is 13.2 Å². The van der Waals surface area contributed by atoms with Crippen LogP contribution in [0.25, 0.3) is 0 Å². The molecule has 0 saturated carbocycles. The summed E-state index contributed by atoms with van der Waals surface area (Å²) in [6.45, 7) is 3.67. The molecule has 5 heteroatoms. The fourth-order valence-corrected chi connectivity index (χ4v) is 2.70. The van der Waals surface area contributed by atoms with E-state index in [2.05, 4.69) is 0 Å². The third-order valence-corrected chi connectivity index (χ3v) is 3.82. The third-order valence-electron chi connectivity index (χ3n) is 3.03. The molecular weight excluding hydrogens is 233 g/mol. The van der Waals surface area contributed by atoms with Crippen molar-refractivity contribution in [3.8, 4) is 0 Å². The molecule has 0 aromatic heterocycles. The van der Waals surface area contributed by atoms with Crippen LogP contribution in [0.4, 0.5) is 13.2 Å². The maximum Gasteiger partial charge on any atom is 0.161 e. The molecule has 0 spiro atoms. The van der Waals surface area contributed by atoms with E-state index in [1.54, 1.807) is 0 Å². The second-order valence-electron chi connectivity index (χ2n) is 3.65. The van der Waals surface area contributed by atoms with E-state index in [0.29, 0.717) is 29.4 Å². The summed E-state index contributed by atoms with van der Waals surface area (Å²) in [4.78, 5) is 0. The summed E-state index contributed by atoms with van der Waals surface area (Å²) in [5, 5.41) is 0. The van der Waals surface area contributed by atoms with Crippen molar-refractivity contribution in [2.75, 3.05) is 0 Å². The molecule has 0 aliphatic rings. The van der Waals surface area contributed by atoms with Gasteiger partial charge in [-0.15, -0.1) is 0 Å². The van der Waals surface area contributed by atoms with E-state index >= 15 is 0 Å². The van der Waals surface area contributed by atoms with Gasteiger partial charge in [-0.2, -0.15) is 0 Å². The highest BCUT2D eigenvalue weighted by molar-refractivity contribution is 5.98. The third kappa shape index (κ3) is 2.15. The van der Waals surface area contributed by atoms with Crippen molar-refractivity contribution in [2.45, 2.75) is 32.3 Å². The molecule has 0 N–H and O–H groups in total. The van der Waals surface area contributed by atoms with Gasteiger partial charge in [-0.1, -0.05) is 13.8 Å². The Morgan fingerprint density at radius 1 is 1.06 bits per heavy atom. The molecule has 1 aromatic rings. The van der Waals surface area contributed by atoms with Crippen molar-refractivity contribution >= 4 is 10.5 Å². The van der Waals surface area contributed by atoms with Crippen molar-refractivity contribution in [1.82, 2.24) is 0 Å². The average molecular weight is 248 g/mol. The Labute approximate surface area is 96.2 Å². The van der Waals surface area contributed by atoms with Crippen molar-refractivity contribution in [3.63, 3.8) is 0 Å². The quantitative estimate of drug-likeness (QED) is 0.587. The number of hydrogen-bond donors (Lipinski definition) is 0. The zero-order valence-corrected chi connectivity index (χ0v) is 11.6. The summed E-state index contributed by atoms with van der Waals surface area (Å²) in [5.74, 6) is -2.96. The van der Waals surface area contributed by atoms with Gasteiger partial charge in [0.1, 0.15) is 16.3 Å². The zero-order valence-electron chi connectivity index (χ0n) is 9.61. The van der Waals surface area contributed by atoms with E-state index in [-0.39, 0.29) is 5.56 Å². The van der Waals surface area contributed by atoms with Crippen LogP contribution in [0.5, 0.6) is 0 Å². The number of hydrogen-bond acceptors (Lipinski definition) is 1. The van der Waals surface area contributed by atoms with E-state index in [1.807, 2.05) is 13.8 Å². The largest absolute Gasteiger partial charge is 0.418 e. The molecule has 0 saturated heterocycles. The van der Waals surface area contributed by atoms with E-state index in [0.717, 1.165) is 6.07 Å². The Morgan fingerprint density at radius 2 is 1.56 bits per heavy atom. The minimum atomic E-state index is -1.17. The Bertz CT molecular complexity index is 369. The maximum atomic E-state index is 13.6. The first-order valence-corrected chi connectivity index (χ1v) is 6.02. The van der Waals surface area contributed by atoms with Gasteiger partial charge in [0.15, 0.2) is 11.6 Å². The predicted octanol–water partition coefficient (Wildman–Crippen LogP) is 2.42. The van der Waals surface area contributed by atoms with E-state index in [4.69, 9.17) is 4.43 Å². The van der Waals surface area contributed by atoms with Crippen molar-refractivity contribution in [1.29, 1.82) is 0 Å². The van der Waals surface area contributed by atoms with E-state index in [1.165, 1.54) is 0 Å². The molecule has 90 valence electrons. The molecule has 0 bridgehead atoms. The van der Waals surface area contributed by atoms with Crippen LogP contribution in [-0.2, 0) is 10.0 Å². The maximum absolute atomic E-state index is 13.6. The molecule has 1 aromatic carbocycles.